The Morgan fingerprint density at radius 2 is 1.78 bits per heavy atom. The van der Waals surface area contributed by atoms with Crippen molar-refractivity contribution in [2.45, 2.75) is 0 Å². The molecule has 0 saturated heterocycles. The fraction of sp³-hybridized carbons (Fsp3) is 0.0400. The zero-order chi connectivity index (χ0) is 22.3. The minimum atomic E-state index is -0.432. The Morgan fingerprint density at radius 1 is 0.969 bits per heavy atom. The predicted molar refractivity (Wildman–Crippen MR) is 128 cm³/mol. The fourth-order valence-corrected chi connectivity index (χ4v) is 3.17. The number of hydrogen-bond acceptors (Lipinski definition) is 6. The molecular formula is C25H20N4O3. The summed E-state index contributed by atoms with van der Waals surface area (Å²) in [6.45, 7) is 0. The van der Waals surface area contributed by atoms with E-state index >= 15 is 0 Å². The number of non-ortho nitro benzene ring substituents is 1. The molecule has 0 amide bonds. The molecule has 32 heavy (non-hydrogen) atoms. The summed E-state index contributed by atoms with van der Waals surface area (Å²) >= 11 is 0. The molecule has 0 spiro atoms. The lowest BCUT2D eigenvalue weighted by molar-refractivity contribution is -0.384. The van der Waals surface area contributed by atoms with Gasteiger partial charge in [-0.2, -0.15) is 5.10 Å². The molecule has 0 radical (unpaired) electrons. The smallest absolute Gasteiger partial charge is 0.270 e. The second-order valence-electron chi connectivity index (χ2n) is 6.94. The molecule has 0 fully saturated rings. The first-order valence-electron chi connectivity index (χ1n) is 9.88. The van der Waals surface area contributed by atoms with Gasteiger partial charge in [0.25, 0.3) is 5.69 Å². The van der Waals surface area contributed by atoms with Crippen molar-refractivity contribution in [3.8, 4) is 5.75 Å². The number of nitro benzene ring substituents is 1. The van der Waals surface area contributed by atoms with Crippen LogP contribution < -0.4 is 10.2 Å². The normalized spacial score (nSPS) is 11.3. The molecule has 7 nitrogen and oxygen atoms in total. The summed E-state index contributed by atoms with van der Waals surface area (Å²) in [6, 6.07) is 23.8. The minimum Gasteiger partial charge on any atom is -0.497 e. The molecule has 1 aromatic heterocycles. The molecule has 7 heteroatoms. The third-order valence-corrected chi connectivity index (χ3v) is 4.76. The zero-order valence-electron chi connectivity index (χ0n) is 17.3. The highest BCUT2D eigenvalue weighted by Crippen LogP contribution is 2.28. The molecule has 0 aliphatic heterocycles. The largest absolute Gasteiger partial charge is 0.497 e. The van der Waals surface area contributed by atoms with Crippen LogP contribution in [0.15, 0.2) is 84.0 Å². The van der Waals surface area contributed by atoms with Crippen molar-refractivity contribution in [3.63, 3.8) is 0 Å². The fourth-order valence-electron chi connectivity index (χ4n) is 3.17. The van der Waals surface area contributed by atoms with Gasteiger partial charge < -0.3 is 4.74 Å². The van der Waals surface area contributed by atoms with Crippen molar-refractivity contribution in [2.75, 3.05) is 12.5 Å². The van der Waals surface area contributed by atoms with Gasteiger partial charge in [-0.15, -0.1) is 0 Å². The molecule has 0 saturated carbocycles. The lowest BCUT2D eigenvalue weighted by Crippen LogP contribution is -1.96. The van der Waals surface area contributed by atoms with Crippen molar-refractivity contribution < 1.29 is 9.66 Å². The number of fused-ring (bicyclic) bond motifs is 1. The van der Waals surface area contributed by atoms with Gasteiger partial charge in [-0.3, -0.25) is 15.5 Å². The Kier molecular flexibility index (Phi) is 6.17. The average Bonchev–Trinajstić information content (AvgIpc) is 2.83. The van der Waals surface area contributed by atoms with Crippen molar-refractivity contribution in [1.82, 2.24) is 4.98 Å². The van der Waals surface area contributed by atoms with E-state index in [2.05, 4.69) is 10.5 Å². The third kappa shape index (κ3) is 4.96. The number of ether oxygens (including phenoxy) is 1. The van der Waals surface area contributed by atoms with Gasteiger partial charge in [-0.1, -0.05) is 48.5 Å². The molecule has 3 aromatic carbocycles. The summed E-state index contributed by atoms with van der Waals surface area (Å²) in [7, 11) is 1.61. The maximum absolute atomic E-state index is 11.0. The van der Waals surface area contributed by atoms with Gasteiger partial charge >= 0.3 is 0 Å². The summed E-state index contributed by atoms with van der Waals surface area (Å²) in [4.78, 5) is 15.3. The van der Waals surface area contributed by atoms with Crippen LogP contribution in [0.5, 0.6) is 5.75 Å². The monoisotopic (exact) mass is 424 g/mol. The van der Waals surface area contributed by atoms with Crippen molar-refractivity contribution >= 4 is 40.6 Å². The standard InChI is InChI=1S/C25H20N4O3/c1-32-22-12-13-24-23(16-22)25(15-20(27-24)11-10-18-6-3-2-4-7-18)28-26-17-19-8-5-9-21(14-19)29(30)31/h2-17H,1H3,(H,27,28)/b11-10+,26-17+. The number of aromatic nitrogens is 1. The highest BCUT2D eigenvalue weighted by atomic mass is 16.6. The van der Waals surface area contributed by atoms with Crippen LogP contribution >= 0.6 is 0 Å². The van der Waals surface area contributed by atoms with E-state index in [1.165, 1.54) is 12.1 Å². The Hall–Kier alpha value is -4.52. The van der Waals surface area contributed by atoms with Crippen LogP contribution in [-0.2, 0) is 0 Å². The number of pyridine rings is 1. The molecule has 0 atom stereocenters. The Balaban J connectivity index is 1.67. The van der Waals surface area contributed by atoms with Crippen LogP contribution in [0.2, 0.25) is 0 Å². The zero-order valence-corrected chi connectivity index (χ0v) is 17.3. The lowest BCUT2D eigenvalue weighted by Gasteiger charge is -2.09. The van der Waals surface area contributed by atoms with E-state index in [1.807, 2.05) is 66.7 Å². The van der Waals surface area contributed by atoms with Crippen LogP contribution in [0.3, 0.4) is 0 Å². The molecule has 0 aliphatic carbocycles. The number of rotatable bonds is 7. The second-order valence-corrected chi connectivity index (χ2v) is 6.94. The summed E-state index contributed by atoms with van der Waals surface area (Å²) in [6.07, 6.45) is 5.47. The molecular weight excluding hydrogens is 404 g/mol. The van der Waals surface area contributed by atoms with Crippen LogP contribution in [0, 0.1) is 10.1 Å². The van der Waals surface area contributed by atoms with Crippen LogP contribution in [0.4, 0.5) is 11.4 Å². The van der Waals surface area contributed by atoms with E-state index in [9.17, 15) is 10.1 Å². The second kappa shape index (κ2) is 9.53. The molecule has 1 heterocycles. The number of nitrogens with one attached hydrogen (secondary N) is 1. The van der Waals surface area contributed by atoms with Gasteiger partial charge in [0.05, 0.1) is 35.1 Å². The molecule has 1 N–H and O–H groups in total. The maximum atomic E-state index is 11.0. The van der Waals surface area contributed by atoms with E-state index in [0.29, 0.717) is 11.3 Å². The molecule has 158 valence electrons. The topological polar surface area (TPSA) is 89.7 Å². The van der Waals surface area contributed by atoms with E-state index in [-0.39, 0.29) is 5.69 Å². The summed E-state index contributed by atoms with van der Waals surface area (Å²) in [5.74, 6) is 0.706. The maximum Gasteiger partial charge on any atom is 0.270 e. The molecule has 0 bridgehead atoms. The number of benzene rings is 3. The third-order valence-electron chi connectivity index (χ3n) is 4.76. The highest BCUT2D eigenvalue weighted by Gasteiger charge is 2.07. The molecule has 0 unspecified atom stereocenters. The van der Waals surface area contributed by atoms with Crippen LogP contribution in [0.1, 0.15) is 16.8 Å². The number of nitro groups is 1. The Labute approximate surface area is 184 Å². The van der Waals surface area contributed by atoms with Crippen LogP contribution in [-0.4, -0.2) is 23.2 Å². The van der Waals surface area contributed by atoms with Crippen LogP contribution in [0.25, 0.3) is 23.1 Å². The summed E-state index contributed by atoms with van der Waals surface area (Å²) in [5.41, 5.74) is 7.04. The lowest BCUT2D eigenvalue weighted by atomic mass is 10.1. The quantitative estimate of drug-likeness (QED) is 0.231. The number of hydrazone groups is 1. The number of anilines is 1. The van der Waals surface area contributed by atoms with Gasteiger partial charge in [0, 0.05) is 23.1 Å². The average molecular weight is 424 g/mol. The molecule has 4 aromatic rings. The number of methoxy groups -OCH3 is 1. The number of nitrogens with zero attached hydrogens (tertiary/aromatic N) is 3. The summed E-state index contributed by atoms with van der Waals surface area (Å²) < 4.78 is 5.35. The van der Waals surface area contributed by atoms with E-state index in [1.54, 1.807) is 25.5 Å². The first-order chi connectivity index (χ1) is 15.6. The predicted octanol–water partition coefficient (Wildman–Crippen LogP) is 5.77. The van der Waals surface area contributed by atoms with Crippen molar-refractivity contribution in [3.05, 3.63) is 106 Å². The van der Waals surface area contributed by atoms with E-state index < -0.39 is 4.92 Å². The molecule has 0 aliphatic rings. The van der Waals surface area contributed by atoms with Gasteiger partial charge in [0.1, 0.15) is 5.75 Å². The minimum absolute atomic E-state index is 0.0152. The Bertz CT molecular complexity index is 1320. The van der Waals surface area contributed by atoms with E-state index in [0.717, 1.165) is 27.8 Å². The van der Waals surface area contributed by atoms with Crippen molar-refractivity contribution in [1.29, 1.82) is 0 Å². The highest BCUT2D eigenvalue weighted by molar-refractivity contribution is 5.94. The molecule has 4 rings (SSSR count). The SMILES string of the molecule is COc1ccc2nc(/C=C/c3ccccc3)cc(N/N=C/c3cccc([N+](=O)[O-])c3)c2c1. The summed E-state index contributed by atoms with van der Waals surface area (Å²) in [5, 5.41) is 16.1. The van der Waals surface area contributed by atoms with Gasteiger partial charge in [-0.05, 0) is 35.9 Å². The number of hydrogen-bond donors (Lipinski definition) is 1. The van der Waals surface area contributed by atoms with Gasteiger partial charge in [0.15, 0.2) is 0 Å². The van der Waals surface area contributed by atoms with Gasteiger partial charge in [-0.25, -0.2) is 4.98 Å². The van der Waals surface area contributed by atoms with Gasteiger partial charge in [0.2, 0.25) is 0 Å². The first-order valence-corrected chi connectivity index (χ1v) is 9.88. The Morgan fingerprint density at radius 3 is 2.56 bits per heavy atom. The first kappa shape index (κ1) is 20.7. The van der Waals surface area contributed by atoms with E-state index in [4.69, 9.17) is 9.72 Å². The van der Waals surface area contributed by atoms with Crippen molar-refractivity contribution in [2.24, 2.45) is 5.10 Å².